The van der Waals surface area contributed by atoms with Crippen molar-refractivity contribution in [3.63, 3.8) is 0 Å². The Labute approximate surface area is 124 Å². The second kappa shape index (κ2) is 5.10. The van der Waals surface area contributed by atoms with Gasteiger partial charge in [0, 0.05) is 23.3 Å². The highest BCUT2D eigenvalue weighted by Gasteiger charge is 2.17. The lowest BCUT2D eigenvalue weighted by Crippen LogP contribution is -2.11. The van der Waals surface area contributed by atoms with Gasteiger partial charge in [-0.05, 0) is 23.1 Å². The number of aromatic nitrogens is 1. The van der Waals surface area contributed by atoms with E-state index >= 15 is 0 Å². The molecule has 5 heteroatoms. The van der Waals surface area contributed by atoms with Crippen molar-refractivity contribution in [2.24, 2.45) is 5.73 Å². The first-order chi connectivity index (χ1) is 9.16. The molecule has 2 aromatic heterocycles. The number of fused-ring (bicyclic) bond motifs is 1. The average molecular weight is 309 g/mol. The predicted molar refractivity (Wildman–Crippen MR) is 82.1 cm³/mol. The largest absolute Gasteiger partial charge is 0.320 e. The normalized spacial score (nSPS) is 12.8. The van der Waals surface area contributed by atoms with Crippen LogP contribution in [0.4, 0.5) is 0 Å². The van der Waals surface area contributed by atoms with Crippen molar-refractivity contribution in [2.75, 3.05) is 0 Å². The number of benzene rings is 1. The lowest BCUT2D eigenvalue weighted by molar-refractivity contribution is 0.886. The molecule has 3 rings (SSSR count). The summed E-state index contributed by atoms with van der Waals surface area (Å²) >= 11 is 13.5. The molecule has 1 atom stereocenters. The van der Waals surface area contributed by atoms with Crippen LogP contribution in [0.3, 0.4) is 0 Å². The zero-order valence-corrected chi connectivity index (χ0v) is 12.1. The highest BCUT2D eigenvalue weighted by molar-refractivity contribution is 7.20. The van der Waals surface area contributed by atoms with Crippen LogP contribution in [0.15, 0.2) is 42.7 Å². The van der Waals surface area contributed by atoms with Gasteiger partial charge in [-0.3, -0.25) is 4.98 Å². The fourth-order valence-corrected chi connectivity index (χ4v) is 3.69. The minimum atomic E-state index is -0.302. The van der Waals surface area contributed by atoms with Gasteiger partial charge in [0.25, 0.3) is 0 Å². The van der Waals surface area contributed by atoms with Gasteiger partial charge in [-0.2, -0.15) is 0 Å². The van der Waals surface area contributed by atoms with Gasteiger partial charge in [0.05, 0.1) is 14.7 Å². The number of hydrogen-bond donors (Lipinski definition) is 1. The fraction of sp³-hybridized carbons (Fsp3) is 0.0714. The number of pyridine rings is 1. The van der Waals surface area contributed by atoms with Gasteiger partial charge in [0.2, 0.25) is 0 Å². The molecule has 2 heterocycles. The average Bonchev–Trinajstić information content (AvgIpc) is 2.76. The Bertz CT molecular complexity index is 734. The van der Waals surface area contributed by atoms with Crippen LogP contribution in [0.25, 0.3) is 10.8 Å². The van der Waals surface area contributed by atoms with Crippen molar-refractivity contribution in [3.8, 4) is 0 Å². The maximum Gasteiger partial charge on any atom is 0.0995 e. The van der Waals surface area contributed by atoms with Crippen LogP contribution >= 0.6 is 34.5 Å². The summed E-state index contributed by atoms with van der Waals surface area (Å²) in [6.07, 6.45) is 3.60. The summed E-state index contributed by atoms with van der Waals surface area (Å²) in [5.74, 6) is 0. The summed E-state index contributed by atoms with van der Waals surface area (Å²) in [4.78, 5) is 4.17. The summed E-state index contributed by atoms with van der Waals surface area (Å²) in [5, 5.41) is 2.15. The third-order valence-corrected chi connectivity index (χ3v) is 4.59. The van der Waals surface area contributed by atoms with Crippen LogP contribution in [0, 0.1) is 0 Å². The number of rotatable bonds is 2. The second-order valence-corrected chi connectivity index (χ2v) is 6.49. The molecule has 0 aliphatic heterocycles. The van der Waals surface area contributed by atoms with Gasteiger partial charge in [-0.25, -0.2) is 0 Å². The van der Waals surface area contributed by atoms with Crippen LogP contribution in [-0.4, -0.2) is 4.98 Å². The summed E-state index contributed by atoms with van der Waals surface area (Å²) in [6, 6.07) is 9.51. The molecule has 19 heavy (non-hydrogen) atoms. The van der Waals surface area contributed by atoms with Gasteiger partial charge in [-0.1, -0.05) is 41.4 Å². The molecule has 2 N–H and O–H groups in total. The molecule has 2 nitrogen and oxygen atoms in total. The number of halogens is 2. The van der Waals surface area contributed by atoms with Crippen LogP contribution in [0.5, 0.6) is 0 Å². The van der Waals surface area contributed by atoms with Crippen molar-refractivity contribution in [3.05, 3.63) is 62.5 Å². The maximum atomic E-state index is 6.33. The molecular formula is C14H10Cl2N2S. The van der Waals surface area contributed by atoms with E-state index in [1.165, 1.54) is 11.3 Å². The van der Waals surface area contributed by atoms with Crippen LogP contribution in [0.2, 0.25) is 8.67 Å². The van der Waals surface area contributed by atoms with E-state index in [9.17, 15) is 0 Å². The highest BCUT2D eigenvalue weighted by atomic mass is 35.5. The van der Waals surface area contributed by atoms with E-state index in [4.69, 9.17) is 28.9 Å². The maximum absolute atomic E-state index is 6.33. The lowest BCUT2D eigenvalue weighted by Gasteiger charge is -2.14. The van der Waals surface area contributed by atoms with Crippen molar-refractivity contribution in [1.82, 2.24) is 4.98 Å². The Morgan fingerprint density at radius 2 is 2.00 bits per heavy atom. The summed E-state index contributed by atoms with van der Waals surface area (Å²) in [7, 11) is 0. The van der Waals surface area contributed by atoms with E-state index < -0.39 is 0 Å². The first kappa shape index (κ1) is 12.9. The van der Waals surface area contributed by atoms with Crippen LogP contribution < -0.4 is 5.73 Å². The molecule has 0 bridgehead atoms. The Kier molecular flexibility index (Phi) is 3.46. The zero-order chi connectivity index (χ0) is 13.4. The van der Waals surface area contributed by atoms with E-state index in [1.54, 1.807) is 6.20 Å². The molecule has 0 aliphatic carbocycles. The highest BCUT2D eigenvalue weighted by Crippen LogP contribution is 2.37. The topological polar surface area (TPSA) is 38.9 Å². The van der Waals surface area contributed by atoms with E-state index in [-0.39, 0.29) is 6.04 Å². The Morgan fingerprint density at radius 1 is 1.16 bits per heavy atom. The number of nitrogens with zero attached hydrogens (tertiary/aromatic N) is 1. The standard InChI is InChI=1S/C14H10Cl2N2S/c15-12-6-10(14(16)19-12)13(17)9-3-1-2-8-4-5-18-7-11(8)9/h1-7,13H,17H2. The van der Waals surface area contributed by atoms with Gasteiger partial charge < -0.3 is 5.73 Å². The van der Waals surface area contributed by atoms with E-state index in [2.05, 4.69) is 4.98 Å². The molecule has 0 spiro atoms. The van der Waals surface area contributed by atoms with Crippen molar-refractivity contribution in [2.45, 2.75) is 6.04 Å². The van der Waals surface area contributed by atoms with Crippen LogP contribution in [-0.2, 0) is 0 Å². The third-order valence-electron chi connectivity index (χ3n) is 3.07. The van der Waals surface area contributed by atoms with E-state index in [0.29, 0.717) is 8.67 Å². The minimum Gasteiger partial charge on any atom is -0.320 e. The molecule has 0 radical (unpaired) electrons. The molecule has 1 unspecified atom stereocenters. The van der Waals surface area contributed by atoms with Gasteiger partial charge in [-0.15, -0.1) is 11.3 Å². The van der Waals surface area contributed by atoms with E-state index in [1.807, 2.05) is 36.5 Å². The quantitative estimate of drug-likeness (QED) is 0.748. The third kappa shape index (κ3) is 2.35. The molecule has 3 aromatic rings. The Morgan fingerprint density at radius 3 is 2.74 bits per heavy atom. The first-order valence-electron chi connectivity index (χ1n) is 5.70. The Hall–Kier alpha value is -1.13. The second-order valence-electron chi connectivity index (χ2n) is 4.20. The first-order valence-corrected chi connectivity index (χ1v) is 7.27. The molecule has 0 aliphatic rings. The molecule has 0 saturated heterocycles. The van der Waals surface area contributed by atoms with Crippen LogP contribution in [0.1, 0.15) is 17.2 Å². The number of hydrogen-bond acceptors (Lipinski definition) is 3. The number of thiophene rings is 1. The lowest BCUT2D eigenvalue weighted by atomic mass is 9.97. The molecule has 0 saturated carbocycles. The van der Waals surface area contributed by atoms with Crippen molar-refractivity contribution < 1.29 is 0 Å². The monoisotopic (exact) mass is 308 g/mol. The Balaban J connectivity index is 2.16. The molecular weight excluding hydrogens is 299 g/mol. The van der Waals surface area contributed by atoms with Crippen molar-refractivity contribution >= 4 is 45.3 Å². The minimum absolute atomic E-state index is 0.302. The van der Waals surface area contributed by atoms with E-state index in [0.717, 1.165) is 21.9 Å². The molecule has 96 valence electrons. The molecule has 0 amide bonds. The van der Waals surface area contributed by atoms with Gasteiger partial charge in [0.15, 0.2) is 0 Å². The van der Waals surface area contributed by atoms with Gasteiger partial charge >= 0.3 is 0 Å². The summed E-state index contributed by atoms with van der Waals surface area (Å²) < 4.78 is 1.28. The smallest absolute Gasteiger partial charge is 0.0995 e. The van der Waals surface area contributed by atoms with Crippen molar-refractivity contribution in [1.29, 1.82) is 0 Å². The number of nitrogens with two attached hydrogens (primary N) is 1. The SMILES string of the molecule is NC(c1cc(Cl)sc1Cl)c1cccc2ccncc12. The zero-order valence-electron chi connectivity index (χ0n) is 9.81. The molecule has 1 aromatic carbocycles. The predicted octanol–water partition coefficient (Wildman–Crippen LogP) is 4.65. The fourth-order valence-electron chi connectivity index (χ4n) is 2.14. The van der Waals surface area contributed by atoms with Gasteiger partial charge in [0.1, 0.15) is 0 Å². The summed E-state index contributed by atoms with van der Waals surface area (Å²) in [5.41, 5.74) is 8.19. The molecule has 0 fully saturated rings. The summed E-state index contributed by atoms with van der Waals surface area (Å²) in [6.45, 7) is 0.